The standard InChI is InChI=1S/C14H19NO4/c1-10(14(2,3)4)19-12(16)9-15-7-5-11(6-8-15)13(17)18/h5-8,10H,9H2,1-4H3/p+1/t10-/m1/s1. The zero-order valence-electron chi connectivity index (χ0n) is 11.7. The summed E-state index contributed by atoms with van der Waals surface area (Å²) in [6.07, 6.45) is 2.91. The number of carboxylic acids is 1. The van der Waals surface area contributed by atoms with Crippen molar-refractivity contribution in [1.82, 2.24) is 0 Å². The summed E-state index contributed by atoms with van der Waals surface area (Å²) in [6, 6.07) is 2.89. The lowest BCUT2D eigenvalue weighted by Crippen LogP contribution is -2.40. The van der Waals surface area contributed by atoms with Gasteiger partial charge in [-0.2, -0.15) is 4.57 Å². The molecule has 1 aromatic rings. The number of rotatable bonds is 4. The largest absolute Gasteiger partial charge is 0.478 e. The van der Waals surface area contributed by atoms with Crippen molar-refractivity contribution in [2.45, 2.75) is 40.3 Å². The molecule has 0 aliphatic heterocycles. The van der Waals surface area contributed by atoms with E-state index in [1.54, 1.807) is 17.0 Å². The minimum atomic E-state index is -0.990. The predicted molar refractivity (Wildman–Crippen MR) is 68.6 cm³/mol. The van der Waals surface area contributed by atoms with E-state index in [4.69, 9.17) is 9.84 Å². The molecule has 19 heavy (non-hydrogen) atoms. The Morgan fingerprint density at radius 1 is 1.32 bits per heavy atom. The molecule has 1 aromatic heterocycles. The highest BCUT2D eigenvalue weighted by Gasteiger charge is 2.25. The van der Waals surface area contributed by atoms with Gasteiger partial charge in [0.1, 0.15) is 6.10 Å². The van der Waals surface area contributed by atoms with Gasteiger partial charge in [-0.15, -0.1) is 0 Å². The van der Waals surface area contributed by atoms with Crippen molar-refractivity contribution in [3.05, 3.63) is 30.1 Å². The van der Waals surface area contributed by atoms with Crippen molar-refractivity contribution in [3.63, 3.8) is 0 Å². The highest BCUT2D eigenvalue weighted by Crippen LogP contribution is 2.21. The number of esters is 1. The number of ether oxygens (including phenoxy) is 1. The third kappa shape index (κ3) is 4.69. The number of aromatic carboxylic acids is 1. The first-order valence-corrected chi connectivity index (χ1v) is 6.12. The van der Waals surface area contributed by atoms with Crippen LogP contribution in [0.5, 0.6) is 0 Å². The van der Waals surface area contributed by atoms with Gasteiger partial charge in [-0.25, -0.2) is 9.59 Å². The van der Waals surface area contributed by atoms with Gasteiger partial charge in [0, 0.05) is 12.1 Å². The number of pyridine rings is 1. The van der Waals surface area contributed by atoms with E-state index in [-0.39, 0.29) is 29.6 Å². The van der Waals surface area contributed by atoms with E-state index in [2.05, 4.69) is 0 Å². The van der Waals surface area contributed by atoms with Gasteiger partial charge in [-0.1, -0.05) is 20.8 Å². The van der Waals surface area contributed by atoms with Gasteiger partial charge in [-0.05, 0) is 12.3 Å². The molecule has 0 aliphatic carbocycles. The zero-order chi connectivity index (χ0) is 14.6. The molecule has 0 spiro atoms. The third-order valence-corrected chi connectivity index (χ3v) is 2.98. The highest BCUT2D eigenvalue weighted by molar-refractivity contribution is 5.87. The number of aromatic nitrogens is 1. The zero-order valence-corrected chi connectivity index (χ0v) is 11.7. The van der Waals surface area contributed by atoms with E-state index in [1.165, 1.54) is 12.1 Å². The molecular formula is C14H20NO4+. The first kappa shape index (κ1) is 15.1. The van der Waals surface area contributed by atoms with E-state index in [0.29, 0.717) is 0 Å². The van der Waals surface area contributed by atoms with Gasteiger partial charge in [0.25, 0.3) is 0 Å². The monoisotopic (exact) mass is 266 g/mol. The molecule has 0 amide bonds. The molecule has 1 atom stereocenters. The summed E-state index contributed by atoms with van der Waals surface area (Å²) in [5, 5.41) is 8.77. The topological polar surface area (TPSA) is 67.5 Å². The van der Waals surface area contributed by atoms with Gasteiger partial charge in [0.2, 0.25) is 6.54 Å². The van der Waals surface area contributed by atoms with Crippen molar-refractivity contribution >= 4 is 11.9 Å². The maximum Gasteiger partial charge on any atom is 0.372 e. The number of hydrogen-bond donors (Lipinski definition) is 1. The molecule has 5 nitrogen and oxygen atoms in total. The Kier molecular flexibility index (Phi) is 4.64. The van der Waals surface area contributed by atoms with Crippen molar-refractivity contribution in [3.8, 4) is 0 Å². The number of carbonyl (C=O) groups is 2. The lowest BCUT2D eigenvalue weighted by molar-refractivity contribution is -0.686. The SMILES string of the molecule is C[C@@H](OC(=O)C[n+]1ccc(C(=O)O)cc1)C(C)(C)C. The van der Waals surface area contributed by atoms with Crippen LogP contribution in [0, 0.1) is 5.41 Å². The smallest absolute Gasteiger partial charge is 0.372 e. The fourth-order valence-electron chi connectivity index (χ4n) is 1.27. The number of carboxylic acid groups (broad SMARTS) is 1. The van der Waals surface area contributed by atoms with Crippen LogP contribution < -0.4 is 4.57 Å². The molecule has 0 saturated heterocycles. The summed E-state index contributed by atoms with van der Waals surface area (Å²) in [5.41, 5.74) is 0.0840. The van der Waals surface area contributed by atoms with E-state index < -0.39 is 5.97 Å². The highest BCUT2D eigenvalue weighted by atomic mass is 16.5. The van der Waals surface area contributed by atoms with Crippen molar-refractivity contribution in [1.29, 1.82) is 0 Å². The summed E-state index contributed by atoms with van der Waals surface area (Å²) < 4.78 is 6.91. The molecule has 0 aliphatic rings. The van der Waals surface area contributed by atoms with Crippen LogP contribution in [0.3, 0.4) is 0 Å². The van der Waals surface area contributed by atoms with Crippen LogP contribution in [0.1, 0.15) is 38.1 Å². The Balaban J connectivity index is 2.60. The second-order valence-corrected chi connectivity index (χ2v) is 5.56. The molecule has 0 aromatic carbocycles. The molecule has 0 saturated carbocycles. The minimum Gasteiger partial charge on any atom is -0.478 e. The van der Waals surface area contributed by atoms with Crippen LogP contribution >= 0.6 is 0 Å². The van der Waals surface area contributed by atoms with Gasteiger partial charge < -0.3 is 9.84 Å². The van der Waals surface area contributed by atoms with Crippen LogP contribution in [0.4, 0.5) is 0 Å². The van der Waals surface area contributed by atoms with Gasteiger partial charge in [0.05, 0.1) is 5.56 Å². The average Bonchev–Trinajstić information content (AvgIpc) is 2.28. The molecule has 0 unspecified atom stereocenters. The molecular weight excluding hydrogens is 246 g/mol. The minimum absolute atomic E-state index is 0.0698. The van der Waals surface area contributed by atoms with Crippen molar-refractivity contribution in [2.75, 3.05) is 0 Å². The Hall–Kier alpha value is -1.91. The quantitative estimate of drug-likeness (QED) is 0.664. The van der Waals surface area contributed by atoms with E-state index in [9.17, 15) is 9.59 Å². The Bertz CT molecular complexity index is 459. The van der Waals surface area contributed by atoms with Crippen LogP contribution in [0.15, 0.2) is 24.5 Å². The molecule has 1 rings (SSSR count). The fraction of sp³-hybridized carbons (Fsp3) is 0.500. The predicted octanol–water partition coefficient (Wildman–Crippen LogP) is 1.65. The fourth-order valence-corrected chi connectivity index (χ4v) is 1.27. The number of carbonyl (C=O) groups excluding carboxylic acids is 1. The molecule has 1 N–H and O–H groups in total. The summed E-state index contributed by atoms with van der Waals surface area (Å²) in [5.74, 6) is -1.33. The van der Waals surface area contributed by atoms with E-state index in [0.717, 1.165) is 0 Å². The van der Waals surface area contributed by atoms with Gasteiger partial charge in [-0.3, -0.25) is 0 Å². The summed E-state index contributed by atoms with van der Waals surface area (Å²) in [6.45, 7) is 7.93. The average molecular weight is 266 g/mol. The molecule has 0 fully saturated rings. The van der Waals surface area contributed by atoms with Gasteiger partial charge >= 0.3 is 11.9 Å². The second kappa shape index (κ2) is 5.82. The number of nitrogens with zero attached hydrogens (tertiary/aromatic N) is 1. The summed E-state index contributed by atoms with van der Waals surface area (Å²) >= 11 is 0. The first-order chi connectivity index (χ1) is 8.70. The van der Waals surface area contributed by atoms with Crippen LogP contribution in [-0.2, 0) is 16.1 Å². The van der Waals surface area contributed by atoms with Crippen molar-refractivity contribution < 1.29 is 24.0 Å². The summed E-state index contributed by atoms with van der Waals surface area (Å²) in [7, 11) is 0. The maximum absolute atomic E-state index is 11.7. The normalized spacial score (nSPS) is 12.8. The van der Waals surface area contributed by atoms with E-state index in [1.807, 2.05) is 27.7 Å². The Labute approximate surface area is 112 Å². The number of hydrogen-bond acceptors (Lipinski definition) is 3. The van der Waals surface area contributed by atoms with E-state index >= 15 is 0 Å². The lowest BCUT2D eigenvalue weighted by Gasteiger charge is -2.26. The Morgan fingerprint density at radius 2 is 1.84 bits per heavy atom. The van der Waals surface area contributed by atoms with Crippen LogP contribution in [0.2, 0.25) is 0 Å². The van der Waals surface area contributed by atoms with Gasteiger partial charge in [0.15, 0.2) is 12.4 Å². The third-order valence-electron chi connectivity index (χ3n) is 2.98. The first-order valence-electron chi connectivity index (χ1n) is 6.12. The van der Waals surface area contributed by atoms with Crippen LogP contribution in [-0.4, -0.2) is 23.1 Å². The Morgan fingerprint density at radius 3 is 2.26 bits per heavy atom. The van der Waals surface area contributed by atoms with Crippen molar-refractivity contribution in [2.24, 2.45) is 5.41 Å². The van der Waals surface area contributed by atoms with Crippen LogP contribution in [0.25, 0.3) is 0 Å². The summed E-state index contributed by atoms with van der Waals surface area (Å²) in [4.78, 5) is 22.4. The molecule has 104 valence electrons. The molecule has 5 heteroatoms. The molecule has 0 radical (unpaired) electrons. The maximum atomic E-state index is 11.7. The second-order valence-electron chi connectivity index (χ2n) is 5.56. The lowest BCUT2D eigenvalue weighted by atomic mass is 9.90. The molecule has 1 heterocycles. The molecule has 0 bridgehead atoms.